The third kappa shape index (κ3) is 12.7. The molecule has 0 saturated carbocycles. The van der Waals surface area contributed by atoms with E-state index in [-0.39, 0.29) is 49.3 Å². The molecule has 0 spiro atoms. The smallest absolute Gasteiger partial charge is 0.306 e. The van der Waals surface area contributed by atoms with Gasteiger partial charge in [0.15, 0.2) is 0 Å². The van der Waals surface area contributed by atoms with Crippen LogP contribution in [0.5, 0.6) is 5.75 Å². The second kappa shape index (κ2) is 17.8. The molecule has 2 aromatic rings. The van der Waals surface area contributed by atoms with Gasteiger partial charge in [0.25, 0.3) is 0 Å². The van der Waals surface area contributed by atoms with Crippen LogP contribution < -0.4 is 15.4 Å². The van der Waals surface area contributed by atoms with Crippen molar-refractivity contribution in [2.24, 2.45) is 11.3 Å². The van der Waals surface area contributed by atoms with Crippen molar-refractivity contribution in [3.8, 4) is 5.75 Å². The summed E-state index contributed by atoms with van der Waals surface area (Å²) >= 11 is 0. The van der Waals surface area contributed by atoms with Gasteiger partial charge in [-0.2, -0.15) is 0 Å². The molecule has 0 fully saturated rings. The fourth-order valence-electron chi connectivity index (χ4n) is 4.17. The molecule has 0 bridgehead atoms. The zero-order valence-corrected chi connectivity index (χ0v) is 25.1. The van der Waals surface area contributed by atoms with E-state index in [4.69, 9.17) is 9.47 Å². The van der Waals surface area contributed by atoms with Gasteiger partial charge < -0.3 is 25.2 Å². The number of nitrogens with one attached hydrogen (secondary N) is 2. The molecule has 2 amide bonds. The number of allylic oxidation sites excluding steroid dienone is 2. The SMILES string of the molecule is C=CCCC(=O)OC[C@@H](NC(=O)[C@@H](CC=C)CC(=O)N[C@H](CO)Cc1ccc(OCc2ccccc2)cc1)C(C)(C)C. The molecule has 0 aliphatic rings. The number of rotatable bonds is 18. The third-order valence-corrected chi connectivity index (χ3v) is 6.82. The Kier molecular flexibility index (Phi) is 14.5. The summed E-state index contributed by atoms with van der Waals surface area (Å²) < 4.78 is 11.2. The van der Waals surface area contributed by atoms with Crippen molar-refractivity contribution in [2.75, 3.05) is 13.2 Å². The Morgan fingerprint density at radius 2 is 1.64 bits per heavy atom. The lowest BCUT2D eigenvalue weighted by atomic mass is 9.86. The molecule has 0 aliphatic heterocycles. The zero-order chi connectivity index (χ0) is 31.0. The largest absolute Gasteiger partial charge is 0.489 e. The van der Waals surface area contributed by atoms with Gasteiger partial charge in [-0.3, -0.25) is 14.4 Å². The number of hydrogen-bond acceptors (Lipinski definition) is 6. The van der Waals surface area contributed by atoms with Gasteiger partial charge in [0.05, 0.1) is 24.6 Å². The average molecular weight is 579 g/mol. The fraction of sp³-hybridized carbons (Fsp3) is 0.441. The molecule has 0 unspecified atom stereocenters. The monoisotopic (exact) mass is 578 g/mol. The number of benzene rings is 2. The molecule has 8 heteroatoms. The van der Waals surface area contributed by atoms with Crippen LogP contribution >= 0.6 is 0 Å². The summed E-state index contributed by atoms with van der Waals surface area (Å²) in [6.07, 6.45) is 4.64. The zero-order valence-electron chi connectivity index (χ0n) is 25.1. The van der Waals surface area contributed by atoms with E-state index in [1.807, 2.05) is 75.4 Å². The first-order chi connectivity index (χ1) is 20.0. The minimum Gasteiger partial charge on any atom is -0.489 e. The lowest BCUT2D eigenvalue weighted by molar-refractivity contribution is -0.146. The van der Waals surface area contributed by atoms with Crippen LogP contribution in [0, 0.1) is 11.3 Å². The van der Waals surface area contributed by atoms with Gasteiger partial charge in [-0.15, -0.1) is 13.2 Å². The number of amides is 2. The standard InChI is InChI=1S/C34H46N2O6/c1-6-8-15-32(39)42-24-30(34(3,4)5)36-33(40)27(12-7-2)21-31(38)35-28(22-37)20-25-16-18-29(19-17-25)41-23-26-13-10-9-11-14-26/h6-7,9-11,13-14,16-19,27-28,30,37H,1-2,8,12,15,20-24H2,3-5H3,(H,35,38)(H,36,40)/t27-,28-,30+/m0/s1. The van der Waals surface area contributed by atoms with Crippen molar-refractivity contribution >= 4 is 17.8 Å². The van der Waals surface area contributed by atoms with Gasteiger partial charge >= 0.3 is 5.97 Å². The van der Waals surface area contributed by atoms with E-state index < -0.39 is 18.0 Å². The van der Waals surface area contributed by atoms with Crippen molar-refractivity contribution in [3.05, 3.63) is 91.0 Å². The predicted octanol–water partition coefficient (Wildman–Crippen LogP) is 4.91. The number of esters is 1. The molecule has 3 N–H and O–H groups in total. The molecule has 2 rings (SSSR count). The Balaban J connectivity index is 1.92. The molecule has 2 aromatic carbocycles. The first-order valence-electron chi connectivity index (χ1n) is 14.4. The number of carbonyl (C=O) groups is 3. The number of ether oxygens (including phenoxy) is 2. The van der Waals surface area contributed by atoms with Crippen molar-refractivity contribution in [3.63, 3.8) is 0 Å². The highest BCUT2D eigenvalue weighted by molar-refractivity contribution is 5.86. The van der Waals surface area contributed by atoms with Crippen LogP contribution in [0.2, 0.25) is 0 Å². The van der Waals surface area contributed by atoms with E-state index in [0.29, 0.717) is 25.9 Å². The van der Waals surface area contributed by atoms with E-state index >= 15 is 0 Å². The highest BCUT2D eigenvalue weighted by Gasteiger charge is 2.31. The van der Waals surface area contributed by atoms with Crippen LogP contribution in [0.25, 0.3) is 0 Å². The van der Waals surface area contributed by atoms with Crippen LogP contribution in [0.15, 0.2) is 79.9 Å². The molecular formula is C34H46N2O6. The second-order valence-electron chi connectivity index (χ2n) is 11.4. The maximum atomic E-state index is 13.2. The van der Waals surface area contributed by atoms with E-state index in [1.54, 1.807) is 12.2 Å². The van der Waals surface area contributed by atoms with Crippen LogP contribution in [-0.2, 0) is 32.1 Å². The van der Waals surface area contributed by atoms with E-state index in [9.17, 15) is 19.5 Å². The highest BCUT2D eigenvalue weighted by atomic mass is 16.5. The van der Waals surface area contributed by atoms with E-state index in [1.165, 1.54) is 0 Å². The van der Waals surface area contributed by atoms with Gasteiger partial charge in [0.1, 0.15) is 19.0 Å². The minimum atomic E-state index is -0.663. The Labute approximate surface area is 250 Å². The van der Waals surface area contributed by atoms with E-state index in [0.717, 1.165) is 16.9 Å². The Bertz CT molecular complexity index is 1140. The average Bonchev–Trinajstić information content (AvgIpc) is 2.97. The molecule has 0 saturated heterocycles. The number of aliphatic hydroxyl groups excluding tert-OH is 1. The van der Waals surface area contributed by atoms with Crippen molar-refractivity contribution in [1.82, 2.24) is 10.6 Å². The minimum absolute atomic E-state index is 0.0287. The normalized spacial score (nSPS) is 13.2. The first kappa shape index (κ1) is 34.3. The van der Waals surface area contributed by atoms with Crippen molar-refractivity contribution in [2.45, 2.75) is 71.6 Å². The summed E-state index contributed by atoms with van der Waals surface area (Å²) in [6, 6.07) is 16.5. The lowest BCUT2D eigenvalue weighted by Gasteiger charge is -2.32. The Morgan fingerprint density at radius 1 is 0.952 bits per heavy atom. The van der Waals surface area contributed by atoms with Gasteiger partial charge in [-0.1, -0.05) is 75.4 Å². The molecular weight excluding hydrogens is 532 g/mol. The Hall–Kier alpha value is -3.91. The summed E-state index contributed by atoms with van der Waals surface area (Å²) in [5.41, 5.74) is 1.61. The molecule has 42 heavy (non-hydrogen) atoms. The molecule has 0 radical (unpaired) electrons. The number of hydrogen-bond donors (Lipinski definition) is 3. The molecule has 0 heterocycles. The van der Waals surface area contributed by atoms with Gasteiger partial charge in [0.2, 0.25) is 11.8 Å². The summed E-state index contributed by atoms with van der Waals surface area (Å²) in [5.74, 6) is -0.958. The third-order valence-electron chi connectivity index (χ3n) is 6.82. The van der Waals surface area contributed by atoms with Gasteiger partial charge in [-0.05, 0) is 47.9 Å². The molecule has 228 valence electrons. The molecule has 0 aromatic heterocycles. The second-order valence-corrected chi connectivity index (χ2v) is 11.4. The summed E-state index contributed by atoms with van der Waals surface area (Å²) in [7, 11) is 0. The molecule has 8 nitrogen and oxygen atoms in total. The highest BCUT2D eigenvalue weighted by Crippen LogP contribution is 2.22. The number of aliphatic hydroxyl groups is 1. The first-order valence-corrected chi connectivity index (χ1v) is 14.4. The van der Waals surface area contributed by atoms with Crippen LogP contribution in [0.3, 0.4) is 0 Å². The molecule has 3 atom stereocenters. The van der Waals surface area contributed by atoms with Crippen LogP contribution in [0.1, 0.15) is 57.6 Å². The quantitative estimate of drug-likeness (QED) is 0.171. The maximum absolute atomic E-state index is 13.2. The van der Waals surface area contributed by atoms with Crippen LogP contribution in [-0.4, -0.2) is 48.2 Å². The van der Waals surface area contributed by atoms with Crippen molar-refractivity contribution < 1.29 is 29.0 Å². The van der Waals surface area contributed by atoms with Crippen molar-refractivity contribution in [1.29, 1.82) is 0 Å². The lowest BCUT2D eigenvalue weighted by Crippen LogP contribution is -2.50. The predicted molar refractivity (Wildman–Crippen MR) is 165 cm³/mol. The van der Waals surface area contributed by atoms with E-state index in [2.05, 4.69) is 23.8 Å². The summed E-state index contributed by atoms with van der Waals surface area (Å²) in [4.78, 5) is 38.1. The number of carbonyl (C=O) groups excluding carboxylic acids is 3. The summed E-state index contributed by atoms with van der Waals surface area (Å²) in [5, 5.41) is 15.8. The summed E-state index contributed by atoms with van der Waals surface area (Å²) in [6.45, 7) is 13.4. The van der Waals surface area contributed by atoms with Gasteiger partial charge in [0, 0.05) is 12.8 Å². The van der Waals surface area contributed by atoms with Crippen LogP contribution in [0.4, 0.5) is 0 Å². The van der Waals surface area contributed by atoms with Gasteiger partial charge in [-0.25, -0.2) is 0 Å². The Morgan fingerprint density at radius 3 is 2.24 bits per heavy atom. The molecule has 0 aliphatic carbocycles. The fourth-order valence-corrected chi connectivity index (χ4v) is 4.17. The topological polar surface area (TPSA) is 114 Å². The maximum Gasteiger partial charge on any atom is 0.306 e.